The van der Waals surface area contributed by atoms with Crippen molar-refractivity contribution in [1.29, 1.82) is 0 Å². The molecule has 5 aromatic rings. The molecule has 3 heterocycles. The van der Waals surface area contributed by atoms with Gasteiger partial charge >= 0.3 is 6.03 Å². The number of aromatic nitrogens is 3. The standard InChI is InChI=1S/C25H24ClN5O3S/c1-25(2,3)21-13-22(30-34-21)29-23(32)27-16-6-4-15(5-7-16)18-14-31-19-9-8-17(33-11-10-26)12-20(19)35-24(31)28-18/h4-9,12-14H,10-11H2,1-3H3,(H2,27,29,30,32). The quantitative estimate of drug-likeness (QED) is 0.246. The van der Waals surface area contributed by atoms with E-state index in [4.69, 9.17) is 25.8 Å². The highest BCUT2D eigenvalue weighted by molar-refractivity contribution is 7.23. The van der Waals surface area contributed by atoms with Crippen molar-refractivity contribution in [1.82, 2.24) is 14.5 Å². The minimum Gasteiger partial charge on any atom is -0.492 e. The lowest BCUT2D eigenvalue weighted by Crippen LogP contribution is -2.19. The van der Waals surface area contributed by atoms with Gasteiger partial charge in [-0.05, 0) is 30.3 Å². The lowest BCUT2D eigenvalue weighted by molar-refractivity contribution is 0.262. The van der Waals surface area contributed by atoms with E-state index in [1.54, 1.807) is 17.4 Å². The zero-order valence-electron chi connectivity index (χ0n) is 19.5. The number of imidazole rings is 1. The molecular formula is C25H24ClN5O3S. The predicted molar refractivity (Wildman–Crippen MR) is 140 cm³/mol. The molecule has 180 valence electrons. The first-order chi connectivity index (χ1) is 16.8. The van der Waals surface area contributed by atoms with Crippen LogP contribution in [0.5, 0.6) is 5.75 Å². The van der Waals surface area contributed by atoms with Crippen LogP contribution in [0.4, 0.5) is 16.3 Å². The second-order valence-corrected chi connectivity index (χ2v) is 10.4. The van der Waals surface area contributed by atoms with Crippen molar-refractivity contribution in [3.05, 3.63) is 60.5 Å². The van der Waals surface area contributed by atoms with Crippen molar-refractivity contribution in [2.24, 2.45) is 0 Å². The summed E-state index contributed by atoms with van der Waals surface area (Å²) >= 11 is 7.31. The molecule has 5 rings (SSSR count). The van der Waals surface area contributed by atoms with Crippen molar-refractivity contribution in [3.8, 4) is 17.0 Å². The van der Waals surface area contributed by atoms with Crippen molar-refractivity contribution >= 4 is 55.7 Å². The fourth-order valence-electron chi connectivity index (χ4n) is 3.56. The van der Waals surface area contributed by atoms with Crippen molar-refractivity contribution in [2.75, 3.05) is 23.1 Å². The topological polar surface area (TPSA) is 93.7 Å². The van der Waals surface area contributed by atoms with Crippen molar-refractivity contribution in [3.63, 3.8) is 0 Å². The normalized spacial score (nSPS) is 11.8. The number of halogens is 1. The lowest BCUT2D eigenvalue weighted by Gasteiger charge is -2.12. The number of benzene rings is 2. The molecule has 0 spiro atoms. The van der Waals surface area contributed by atoms with Crippen LogP contribution in [0.15, 0.2) is 59.3 Å². The van der Waals surface area contributed by atoms with Gasteiger partial charge in [-0.2, -0.15) is 0 Å². The van der Waals surface area contributed by atoms with Crippen molar-refractivity contribution < 1.29 is 14.1 Å². The van der Waals surface area contributed by atoms with Gasteiger partial charge in [0.2, 0.25) is 0 Å². The van der Waals surface area contributed by atoms with Gasteiger partial charge in [0.1, 0.15) is 18.1 Å². The Morgan fingerprint density at radius 1 is 1.14 bits per heavy atom. The van der Waals surface area contributed by atoms with E-state index in [-0.39, 0.29) is 5.41 Å². The van der Waals surface area contributed by atoms with Crippen LogP contribution >= 0.6 is 22.9 Å². The van der Waals surface area contributed by atoms with Gasteiger partial charge in [0.25, 0.3) is 0 Å². The number of amides is 2. The summed E-state index contributed by atoms with van der Waals surface area (Å²) < 4.78 is 14.1. The number of hydrogen-bond donors (Lipinski definition) is 2. The second-order valence-electron chi connectivity index (χ2n) is 9.03. The van der Waals surface area contributed by atoms with E-state index in [0.29, 0.717) is 29.8 Å². The van der Waals surface area contributed by atoms with E-state index in [0.717, 1.165) is 32.2 Å². The molecule has 10 heteroatoms. The molecule has 3 aromatic heterocycles. The largest absolute Gasteiger partial charge is 0.492 e. The van der Waals surface area contributed by atoms with E-state index in [9.17, 15) is 4.79 Å². The third kappa shape index (κ3) is 4.96. The molecule has 0 aliphatic heterocycles. The van der Waals surface area contributed by atoms with Gasteiger partial charge in [0.05, 0.1) is 21.8 Å². The Kier molecular flexibility index (Phi) is 6.12. The summed E-state index contributed by atoms with van der Waals surface area (Å²) in [6, 6.07) is 14.8. The van der Waals surface area contributed by atoms with Gasteiger partial charge in [-0.25, -0.2) is 9.78 Å². The van der Waals surface area contributed by atoms with Crippen molar-refractivity contribution in [2.45, 2.75) is 26.2 Å². The number of urea groups is 1. The molecule has 2 N–H and O–H groups in total. The number of anilines is 2. The maximum Gasteiger partial charge on any atom is 0.324 e. The first kappa shape index (κ1) is 23.2. The number of alkyl halides is 1. The van der Waals surface area contributed by atoms with Crippen LogP contribution in [0.3, 0.4) is 0 Å². The summed E-state index contributed by atoms with van der Waals surface area (Å²) in [6.45, 7) is 6.52. The highest BCUT2D eigenvalue weighted by Gasteiger charge is 2.20. The van der Waals surface area contributed by atoms with Crippen LogP contribution in [-0.4, -0.2) is 33.1 Å². The maximum atomic E-state index is 12.4. The fraction of sp³-hybridized carbons (Fsp3) is 0.240. The highest BCUT2D eigenvalue weighted by atomic mass is 35.5. The molecule has 2 aromatic carbocycles. The van der Waals surface area contributed by atoms with E-state index in [2.05, 4.69) is 20.2 Å². The first-order valence-corrected chi connectivity index (χ1v) is 12.4. The Morgan fingerprint density at radius 3 is 2.66 bits per heavy atom. The van der Waals surface area contributed by atoms with Gasteiger partial charge in [0, 0.05) is 28.9 Å². The molecular weight excluding hydrogens is 486 g/mol. The minimum absolute atomic E-state index is 0.186. The van der Waals surface area contributed by atoms with Gasteiger partial charge in [0.15, 0.2) is 10.8 Å². The van der Waals surface area contributed by atoms with E-state index >= 15 is 0 Å². The van der Waals surface area contributed by atoms with Crippen LogP contribution in [0.25, 0.3) is 26.4 Å². The first-order valence-electron chi connectivity index (χ1n) is 11.1. The molecule has 0 atom stereocenters. The third-order valence-corrected chi connectivity index (χ3v) is 6.51. The number of fused-ring (bicyclic) bond motifs is 3. The van der Waals surface area contributed by atoms with Gasteiger partial charge in [-0.3, -0.25) is 9.72 Å². The zero-order valence-corrected chi connectivity index (χ0v) is 21.0. The Labute approximate surface area is 210 Å². The summed E-state index contributed by atoms with van der Waals surface area (Å²) in [6.07, 6.45) is 2.01. The third-order valence-electron chi connectivity index (χ3n) is 5.34. The summed E-state index contributed by atoms with van der Waals surface area (Å²) in [7, 11) is 0. The smallest absolute Gasteiger partial charge is 0.324 e. The molecule has 0 aliphatic carbocycles. The average molecular weight is 510 g/mol. The number of hydrogen-bond acceptors (Lipinski definition) is 6. The molecule has 2 amide bonds. The molecule has 0 fully saturated rings. The summed E-state index contributed by atoms with van der Waals surface area (Å²) in [5.41, 5.74) is 3.35. The fourth-order valence-corrected chi connectivity index (χ4v) is 4.67. The Morgan fingerprint density at radius 2 is 1.94 bits per heavy atom. The minimum atomic E-state index is -0.394. The van der Waals surface area contributed by atoms with E-state index < -0.39 is 6.03 Å². The second kappa shape index (κ2) is 9.24. The molecule has 0 aliphatic rings. The van der Waals surface area contributed by atoms with Gasteiger partial charge in [-0.15, -0.1) is 11.6 Å². The van der Waals surface area contributed by atoms with Crippen LogP contribution in [0.2, 0.25) is 0 Å². The zero-order chi connectivity index (χ0) is 24.6. The van der Waals surface area contributed by atoms with Crippen LogP contribution in [-0.2, 0) is 5.41 Å². The van der Waals surface area contributed by atoms with Crippen LogP contribution < -0.4 is 15.4 Å². The molecule has 35 heavy (non-hydrogen) atoms. The number of rotatable bonds is 6. The van der Waals surface area contributed by atoms with Crippen LogP contribution in [0.1, 0.15) is 26.5 Å². The highest BCUT2D eigenvalue weighted by Crippen LogP contribution is 2.32. The number of nitrogens with zero attached hydrogens (tertiary/aromatic N) is 3. The number of carbonyl (C=O) groups excluding carboxylic acids is 1. The molecule has 0 bridgehead atoms. The van der Waals surface area contributed by atoms with Gasteiger partial charge in [-0.1, -0.05) is 49.4 Å². The Balaban J connectivity index is 1.27. The summed E-state index contributed by atoms with van der Waals surface area (Å²) in [5.74, 6) is 2.32. The van der Waals surface area contributed by atoms with E-state index in [1.807, 2.05) is 69.4 Å². The molecule has 0 saturated heterocycles. The monoisotopic (exact) mass is 509 g/mol. The molecule has 0 saturated carbocycles. The average Bonchev–Trinajstić information content (AvgIpc) is 3.52. The summed E-state index contributed by atoms with van der Waals surface area (Å²) in [4.78, 5) is 18.0. The van der Waals surface area contributed by atoms with Gasteiger partial charge < -0.3 is 14.6 Å². The molecule has 8 nitrogen and oxygen atoms in total. The van der Waals surface area contributed by atoms with Crippen LogP contribution in [0, 0.1) is 0 Å². The predicted octanol–water partition coefficient (Wildman–Crippen LogP) is 6.76. The Bertz CT molecular complexity index is 1500. The lowest BCUT2D eigenvalue weighted by atomic mass is 9.93. The number of carbonyl (C=O) groups is 1. The number of thiazole rings is 1. The molecule has 0 radical (unpaired) electrons. The summed E-state index contributed by atoms with van der Waals surface area (Å²) in [5, 5.41) is 9.40. The molecule has 0 unspecified atom stereocenters. The Hall–Kier alpha value is -3.56. The maximum absolute atomic E-state index is 12.4. The number of ether oxygens (including phenoxy) is 1. The SMILES string of the molecule is CC(C)(C)c1cc(NC(=O)Nc2ccc(-c3cn4c(n3)sc3cc(OCCCl)ccc34)cc2)no1. The van der Waals surface area contributed by atoms with E-state index in [1.165, 1.54) is 0 Å². The number of nitrogens with one attached hydrogen (secondary N) is 2.